The molecular weight excluding hydrogens is 366 g/mol. The highest BCUT2D eigenvalue weighted by Crippen LogP contribution is 2.14. The van der Waals surface area contributed by atoms with Gasteiger partial charge in [0.15, 0.2) is 0 Å². The Labute approximate surface area is 162 Å². The van der Waals surface area contributed by atoms with Crippen LogP contribution in [0.3, 0.4) is 0 Å². The number of rotatable bonds is 6. The smallest absolute Gasteiger partial charge is 0.234 e. The number of halogens is 1. The summed E-state index contributed by atoms with van der Waals surface area (Å²) < 4.78 is 0. The molecule has 9 heteroatoms. The maximum atomic E-state index is 11.3. The average Bonchev–Trinajstić information content (AvgIpc) is 3.15. The van der Waals surface area contributed by atoms with Crippen molar-refractivity contribution in [3.05, 3.63) is 65.2 Å². The molecule has 3 rings (SSSR count). The molecule has 1 heterocycles. The predicted molar refractivity (Wildman–Crippen MR) is 102 cm³/mol. The second-order valence-corrected chi connectivity index (χ2v) is 5.63. The SMILES string of the molecule is Cl.N#Cc1ccc(-c2nnn(Cc3cccc(CNC(=O)CN)c3)n2)cc1. The van der Waals surface area contributed by atoms with Crippen molar-refractivity contribution in [2.24, 2.45) is 5.73 Å². The summed E-state index contributed by atoms with van der Waals surface area (Å²) in [6, 6.07) is 16.9. The second-order valence-electron chi connectivity index (χ2n) is 5.63. The lowest BCUT2D eigenvalue weighted by Gasteiger charge is -2.06. The number of hydrogen-bond acceptors (Lipinski definition) is 6. The maximum Gasteiger partial charge on any atom is 0.234 e. The van der Waals surface area contributed by atoms with Crippen LogP contribution in [0.4, 0.5) is 0 Å². The number of amides is 1. The van der Waals surface area contributed by atoms with E-state index in [1.54, 1.807) is 24.3 Å². The number of tetrazole rings is 1. The molecule has 8 nitrogen and oxygen atoms in total. The van der Waals surface area contributed by atoms with Crippen LogP contribution in [-0.2, 0) is 17.9 Å². The van der Waals surface area contributed by atoms with E-state index in [0.717, 1.165) is 16.7 Å². The minimum absolute atomic E-state index is 0. The molecule has 0 fully saturated rings. The third-order valence-electron chi connectivity index (χ3n) is 3.72. The number of nitrogens with zero attached hydrogens (tertiary/aromatic N) is 5. The van der Waals surface area contributed by atoms with Crippen LogP contribution >= 0.6 is 12.4 Å². The van der Waals surface area contributed by atoms with Crippen molar-refractivity contribution < 1.29 is 4.79 Å². The Morgan fingerprint density at radius 1 is 1.19 bits per heavy atom. The van der Waals surface area contributed by atoms with Gasteiger partial charge in [0.2, 0.25) is 11.7 Å². The summed E-state index contributed by atoms with van der Waals surface area (Å²) in [6.45, 7) is 0.855. The summed E-state index contributed by atoms with van der Waals surface area (Å²) >= 11 is 0. The minimum Gasteiger partial charge on any atom is -0.351 e. The zero-order valence-corrected chi connectivity index (χ0v) is 15.2. The van der Waals surface area contributed by atoms with E-state index in [1.807, 2.05) is 24.3 Å². The molecule has 0 spiro atoms. The molecule has 0 aliphatic carbocycles. The quantitative estimate of drug-likeness (QED) is 0.660. The fraction of sp³-hybridized carbons (Fsp3) is 0.167. The van der Waals surface area contributed by atoms with Crippen molar-refractivity contribution in [3.63, 3.8) is 0 Å². The highest BCUT2D eigenvalue weighted by molar-refractivity contribution is 5.85. The van der Waals surface area contributed by atoms with Crippen LogP contribution < -0.4 is 11.1 Å². The van der Waals surface area contributed by atoms with E-state index in [1.165, 1.54) is 4.80 Å². The van der Waals surface area contributed by atoms with Crippen LogP contribution in [0.1, 0.15) is 16.7 Å². The number of carbonyl (C=O) groups excluding carboxylic acids is 1. The van der Waals surface area contributed by atoms with Gasteiger partial charge in [-0.3, -0.25) is 4.79 Å². The first-order valence-corrected chi connectivity index (χ1v) is 8.01. The van der Waals surface area contributed by atoms with E-state index in [2.05, 4.69) is 26.8 Å². The molecule has 0 radical (unpaired) electrons. The van der Waals surface area contributed by atoms with Crippen LogP contribution in [0.5, 0.6) is 0 Å². The highest BCUT2D eigenvalue weighted by Gasteiger charge is 2.07. The maximum absolute atomic E-state index is 11.3. The lowest BCUT2D eigenvalue weighted by Crippen LogP contribution is -2.29. The summed E-state index contributed by atoms with van der Waals surface area (Å²) in [6.07, 6.45) is 0. The summed E-state index contributed by atoms with van der Waals surface area (Å²) in [5, 5.41) is 24.1. The van der Waals surface area contributed by atoms with Gasteiger partial charge in [0, 0.05) is 12.1 Å². The summed E-state index contributed by atoms with van der Waals surface area (Å²) in [7, 11) is 0. The molecular formula is C18H18ClN7O. The van der Waals surface area contributed by atoms with Crippen molar-refractivity contribution in [2.45, 2.75) is 13.1 Å². The van der Waals surface area contributed by atoms with Gasteiger partial charge in [-0.1, -0.05) is 24.3 Å². The van der Waals surface area contributed by atoms with E-state index in [4.69, 9.17) is 11.0 Å². The Bertz CT molecular complexity index is 947. The zero-order chi connectivity index (χ0) is 18.4. The average molecular weight is 384 g/mol. The third-order valence-corrected chi connectivity index (χ3v) is 3.72. The molecule has 0 unspecified atom stereocenters. The third kappa shape index (κ3) is 5.34. The number of hydrogen-bond donors (Lipinski definition) is 2. The molecule has 0 aliphatic heterocycles. The molecule has 1 aromatic heterocycles. The van der Waals surface area contributed by atoms with Crippen LogP contribution in [0.15, 0.2) is 48.5 Å². The number of nitrogens with two attached hydrogens (primary N) is 1. The monoisotopic (exact) mass is 383 g/mol. The van der Waals surface area contributed by atoms with Gasteiger partial charge in [-0.2, -0.15) is 10.1 Å². The van der Waals surface area contributed by atoms with Gasteiger partial charge in [-0.25, -0.2) is 0 Å². The van der Waals surface area contributed by atoms with Gasteiger partial charge >= 0.3 is 0 Å². The topological polar surface area (TPSA) is 123 Å². The summed E-state index contributed by atoms with van der Waals surface area (Å²) in [5.74, 6) is 0.307. The van der Waals surface area contributed by atoms with E-state index in [9.17, 15) is 4.79 Å². The molecule has 3 N–H and O–H groups in total. The molecule has 2 aromatic carbocycles. The number of carbonyl (C=O) groups is 1. The van der Waals surface area contributed by atoms with Gasteiger partial charge in [0.1, 0.15) is 0 Å². The molecule has 0 aliphatic rings. The Kier molecular flexibility index (Phi) is 7.00. The number of aromatic nitrogens is 4. The van der Waals surface area contributed by atoms with E-state index >= 15 is 0 Å². The Morgan fingerprint density at radius 2 is 1.93 bits per heavy atom. The van der Waals surface area contributed by atoms with Crippen LogP contribution in [-0.4, -0.2) is 32.7 Å². The van der Waals surface area contributed by atoms with Crippen LogP contribution in [0.2, 0.25) is 0 Å². The summed E-state index contributed by atoms with van der Waals surface area (Å²) in [5.41, 5.74) is 8.63. The van der Waals surface area contributed by atoms with Gasteiger partial charge in [-0.15, -0.1) is 22.6 Å². The first-order valence-electron chi connectivity index (χ1n) is 8.01. The van der Waals surface area contributed by atoms with Crippen molar-refractivity contribution >= 4 is 18.3 Å². The second kappa shape index (κ2) is 9.43. The minimum atomic E-state index is -0.194. The Morgan fingerprint density at radius 3 is 2.63 bits per heavy atom. The van der Waals surface area contributed by atoms with Crippen molar-refractivity contribution in [1.29, 1.82) is 5.26 Å². The fourth-order valence-corrected chi connectivity index (χ4v) is 2.39. The molecule has 3 aromatic rings. The van der Waals surface area contributed by atoms with Gasteiger partial charge in [0.25, 0.3) is 0 Å². The molecule has 1 amide bonds. The van der Waals surface area contributed by atoms with Gasteiger partial charge < -0.3 is 11.1 Å². The van der Waals surface area contributed by atoms with E-state index < -0.39 is 0 Å². The normalized spacial score (nSPS) is 9.93. The lowest BCUT2D eigenvalue weighted by molar-refractivity contribution is -0.119. The Balaban J connectivity index is 0.00000261. The van der Waals surface area contributed by atoms with Crippen LogP contribution in [0, 0.1) is 11.3 Å². The fourth-order valence-electron chi connectivity index (χ4n) is 2.39. The molecule has 0 saturated heterocycles. The summed E-state index contributed by atoms with van der Waals surface area (Å²) in [4.78, 5) is 12.8. The van der Waals surface area contributed by atoms with Crippen molar-refractivity contribution in [2.75, 3.05) is 6.54 Å². The van der Waals surface area contributed by atoms with Gasteiger partial charge in [0.05, 0.1) is 24.7 Å². The molecule has 138 valence electrons. The van der Waals surface area contributed by atoms with E-state index in [-0.39, 0.29) is 24.9 Å². The molecule has 0 atom stereocenters. The van der Waals surface area contributed by atoms with Gasteiger partial charge in [-0.05, 0) is 40.6 Å². The van der Waals surface area contributed by atoms with E-state index in [0.29, 0.717) is 24.5 Å². The highest BCUT2D eigenvalue weighted by atomic mass is 35.5. The number of nitrogens with one attached hydrogen (secondary N) is 1. The first-order chi connectivity index (χ1) is 12.7. The predicted octanol–water partition coefficient (Wildman–Crippen LogP) is 1.26. The Hall–Kier alpha value is -3.28. The molecule has 0 bridgehead atoms. The molecule has 0 saturated carbocycles. The lowest BCUT2D eigenvalue weighted by atomic mass is 10.1. The number of benzene rings is 2. The van der Waals surface area contributed by atoms with Crippen molar-refractivity contribution in [1.82, 2.24) is 25.5 Å². The largest absolute Gasteiger partial charge is 0.351 e. The zero-order valence-electron chi connectivity index (χ0n) is 14.4. The standard InChI is InChI=1S/C18H17N7O.ClH/c19-9-13-4-6-16(7-5-13)18-22-24-25(23-18)12-15-3-1-2-14(8-15)11-21-17(26)10-20;/h1-8H,10-12,20H2,(H,21,26);1H. The van der Waals surface area contributed by atoms with Crippen molar-refractivity contribution in [3.8, 4) is 17.5 Å². The number of nitriles is 1. The van der Waals surface area contributed by atoms with Crippen LogP contribution in [0.25, 0.3) is 11.4 Å². The first kappa shape index (κ1) is 20.0. The molecule has 27 heavy (non-hydrogen) atoms.